The van der Waals surface area contributed by atoms with Crippen molar-refractivity contribution >= 4 is 21.9 Å². The van der Waals surface area contributed by atoms with Crippen molar-refractivity contribution in [3.05, 3.63) is 35.4 Å². The Morgan fingerprint density at radius 3 is 2.47 bits per heavy atom. The van der Waals surface area contributed by atoms with E-state index in [2.05, 4.69) is 22.9 Å². The second kappa shape index (κ2) is 5.91. The number of benzene rings is 1. The molecular weight excluding hydrogens is 256 g/mol. The van der Waals surface area contributed by atoms with Gasteiger partial charge in [0.15, 0.2) is 0 Å². The number of hydrogen-bond donors (Lipinski definition) is 0. The normalized spacial score (nSPS) is 12.2. The zero-order valence-electron chi connectivity index (χ0n) is 9.00. The topological polar surface area (TPSA) is 26.3 Å². The Morgan fingerprint density at radius 2 is 2.00 bits per heavy atom. The lowest BCUT2D eigenvalue weighted by Crippen LogP contribution is -2.07. The molecule has 0 heterocycles. The van der Waals surface area contributed by atoms with E-state index in [0.29, 0.717) is 17.9 Å². The molecule has 1 aromatic carbocycles. The molecule has 0 aliphatic carbocycles. The minimum Gasteiger partial charge on any atom is -0.466 e. The van der Waals surface area contributed by atoms with Gasteiger partial charge in [0.1, 0.15) is 0 Å². The molecule has 82 valence electrons. The lowest BCUT2D eigenvalue weighted by atomic mass is 10.1. The van der Waals surface area contributed by atoms with Gasteiger partial charge >= 0.3 is 5.97 Å². The quantitative estimate of drug-likeness (QED) is 0.620. The first-order valence-corrected chi connectivity index (χ1v) is 5.93. The number of carbonyl (C=O) groups excluding carboxylic acids is 1. The summed E-state index contributed by atoms with van der Waals surface area (Å²) in [6.07, 6.45) is 0.352. The molecule has 0 aromatic heterocycles. The molecule has 1 atom stereocenters. The van der Waals surface area contributed by atoms with Gasteiger partial charge in [-0.1, -0.05) is 40.2 Å². The molecule has 0 N–H and O–H groups in total. The van der Waals surface area contributed by atoms with Crippen LogP contribution in [0, 0.1) is 0 Å². The van der Waals surface area contributed by atoms with Gasteiger partial charge in [0.25, 0.3) is 0 Å². The standard InChI is InChI=1S/C12H15BrO2/c1-3-15-12(14)8-10-4-6-11(7-5-10)9(2)13/h4-7,9H,3,8H2,1-2H3. The zero-order valence-corrected chi connectivity index (χ0v) is 10.6. The van der Waals surface area contributed by atoms with Crippen LogP contribution in [0.2, 0.25) is 0 Å². The van der Waals surface area contributed by atoms with E-state index in [0.717, 1.165) is 5.56 Å². The number of carbonyl (C=O) groups is 1. The van der Waals surface area contributed by atoms with Crippen molar-refractivity contribution in [3.63, 3.8) is 0 Å². The van der Waals surface area contributed by atoms with Gasteiger partial charge in [0, 0.05) is 4.83 Å². The first kappa shape index (κ1) is 12.2. The molecule has 0 aliphatic rings. The van der Waals surface area contributed by atoms with Gasteiger partial charge in [-0.2, -0.15) is 0 Å². The third kappa shape index (κ3) is 4.04. The van der Waals surface area contributed by atoms with E-state index in [1.807, 2.05) is 31.2 Å². The summed E-state index contributed by atoms with van der Waals surface area (Å²) < 4.78 is 4.88. The Morgan fingerprint density at radius 1 is 1.40 bits per heavy atom. The van der Waals surface area contributed by atoms with Crippen LogP contribution in [0.4, 0.5) is 0 Å². The Kier molecular flexibility index (Phi) is 4.82. The van der Waals surface area contributed by atoms with Gasteiger partial charge in [-0.05, 0) is 25.0 Å². The Labute approximate surface area is 98.8 Å². The van der Waals surface area contributed by atoms with E-state index >= 15 is 0 Å². The summed E-state index contributed by atoms with van der Waals surface area (Å²) in [7, 11) is 0. The van der Waals surface area contributed by atoms with E-state index < -0.39 is 0 Å². The lowest BCUT2D eigenvalue weighted by molar-refractivity contribution is -0.142. The number of esters is 1. The van der Waals surface area contributed by atoms with E-state index in [-0.39, 0.29) is 5.97 Å². The number of hydrogen-bond acceptors (Lipinski definition) is 2. The summed E-state index contributed by atoms with van der Waals surface area (Å²) >= 11 is 3.49. The highest BCUT2D eigenvalue weighted by Gasteiger charge is 2.05. The summed E-state index contributed by atoms with van der Waals surface area (Å²) in [6.45, 7) is 4.32. The third-order valence-electron chi connectivity index (χ3n) is 2.09. The van der Waals surface area contributed by atoms with E-state index in [4.69, 9.17) is 4.74 Å². The molecule has 0 aliphatic heterocycles. The molecule has 15 heavy (non-hydrogen) atoms. The van der Waals surface area contributed by atoms with Gasteiger partial charge in [0.05, 0.1) is 13.0 Å². The maximum absolute atomic E-state index is 11.2. The van der Waals surface area contributed by atoms with Crippen LogP contribution in [-0.2, 0) is 16.0 Å². The highest BCUT2D eigenvalue weighted by atomic mass is 79.9. The molecule has 0 fully saturated rings. The highest BCUT2D eigenvalue weighted by Crippen LogP contribution is 2.21. The number of ether oxygens (including phenoxy) is 1. The van der Waals surface area contributed by atoms with Crippen molar-refractivity contribution in [1.29, 1.82) is 0 Å². The maximum atomic E-state index is 11.2. The summed E-state index contributed by atoms with van der Waals surface area (Å²) in [5.41, 5.74) is 2.20. The summed E-state index contributed by atoms with van der Waals surface area (Å²) in [6, 6.07) is 7.97. The fraction of sp³-hybridized carbons (Fsp3) is 0.417. The first-order valence-electron chi connectivity index (χ1n) is 5.02. The summed E-state index contributed by atoms with van der Waals surface area (Å²) in [5, 5.41) is 0. The molecule has 0 saturated heterocycles. The molecule has 1 unspecified atom stereocenters. The summed E-state index contributed by atoms with van der Waals surface area (Å²) in [5.74, 6) is -0.169. The largest absolute Gasteiger partial charge is 0.466 e. The Bertz CT molecular complexity index is 317. The van der Waals surface area contributed by atoms with Crippen LogP contribution in [-0.4, -0.2) is 12.6 Å². The highest BCUT2D eigenvalue weighted by molar-refractivity contribution is 9.09. The molecule has 0 saturated carbocycles. The van der Waals surface area contributed by atoms with Crippen molar-refractivity contribution in [1.82, 2.24) is 0 Å². The van der Waals surface area contributed by atoms with Crippen LogP contribution in [0.1, 0.15) is 29.8 Å². The van der Waals surface area contributed by atoms with E-state index in [1.54, 1.807) is 0 Å². The van der Waals surface area contributed by atoms with Gasteiger partial charge in [-0.3, -0.25) is 4.79 Å². The average molecular weight is 271 g/mol. The van der Waals surface area contributed by atoms with Gasteiger partial charge in [0.2, 0.25) is 0 Å². The van der Waals surface area contributed by atoms with Crippen molar-refractivity contribution in [2.75, 3.05) is 6.61 Å². The average Bonchev–Trinajstić information content (AvgIpc) is 2.18. The fourth-order valence-corrected chi connectivity index (χ4v) is 1.58. The molecule has 1 aromatic rings. The molecular formula is C12H15BrO2. The van der Waals surface area contributed by atoms with Crippen LogP contribution in [0.15, 0.2) is 24.3 Å². The van der Waals surface area contributed by atoms with Crippen molar-refractivity contribution in [2.45, 2.75) is 25.1 Å². The second-order valence-electron chi connectivity index (χ2n) is 3.34. The van der Waals surface area contributed by atoms with Crippen molar-refractivity contribution in [2.24, 2.45) is 0 Å². The van der Waals surface area contributed by atoms with Gasteiger partial charge in [-0.15, -0.1) is 0 Å². The zero-order chi connectivity index (χ0) is 11.3. The number of rotatable bonds is 4. The van der Waals surface area contributed by atoms with Crippen LogP contribution in [0.25, 0.3) is 0 Å². The first-order chi connectivity index (χ1) is 7.13. The van der Waals surface area contributed by atoms with Gasteiger partial charge < -0.3 is 4.74 Å². The van der Waals surface area contributed by atoms with Crippen LogP contribution in [0.3, 0.4) is 0 Å². The second-order valence-corrected chi connectivity index (χ2v) is 4.71. The number of halogens is 1. The molecule has 0 amide bonds. The van der Waals surface area contributed by atoms with Crippen molar-refractivity contribution in [3.8, 4) is 0 Å². The van der Waals surface area contributed by atoms with E-state index in [9.17, 15) is 4.79 Å². The molecule has 0 radical (unpaired) electrons. The van der Waals surface area contributed by atoms with Crippen LogP contribution >= 0.6 is 15.9 Å². The Hall–Kier alpha value is -0.830. The van der Waals surface area contributed by atoms with Crippen LogP contribution < -0.4 is 0 Å². The molecule has 3 heteroatoms. The number of alkyl halides is 1. The fourth-order valence-electron chi connectivity index (χ4n) is 1.28. The molecule has 0 spiro atoms. The summed E-state index contributed by atoms with van der Waals surface area (Å²) in [4.78, 5) is 11.5. The van der Waals surface area contributed by atoms with Gasteiger partial charge in [-0.25, -0.2) is 0 Å². The SMILES string of the molecule is CCOC(=O)Cc1ccc(C(C)Br)cc1. The smallest absolute Gasteiger partial charge is 0.310 e. The molecule has 0 bridgehead atoms. The predicted molar refractivity (Wildman–Crippen MR) is 64.1 cm³/mol. The van der Waals surface area contributed by atoms with Crippen LogP contribution in [0.5, 0.6) is 0 Å². The molecule has 1 rings (SSSR count). The molecule has 2 nitrogen and oxygen atoms in total. The monoisotopic (exact) mass is 270 g/mol. The minimum absolute atomic E-state index is 0.169. The van der Waals surface area contributed by atoms with Crippen molar-refractivity contribution < 1.29 is 9.53 Å². The predicted octanol–water partition coefficient (Wildman–Crippen LogP) is 3.25. The third-order valence-corrected chi connectivity index (χ3v) is 2.62. The Balaban J connectivity index is 2.60. The lowest BCUT2D eigenvalue weighted by Gasteiger charge is -2.05. The maximum Gasteiger partial charge on any atom is 0.310 e. The minimum atomic E-state index is -0.169. The van der Waals surface area contributed by atoms with E-state index in [1.165, 1.54) is 5.56 Å².